The lowest BCUT2D eigenvalue weighted by Gasteiger charge is -2.14. The number of carbonyl (C=O) groups excluding carboxylic acids is 1. The van der Waals surface area contributed by atoms with Gasteiger partial charge >= 0.3 is 0 Å². The van der Waals surface area contributed by atoms with Crippen LogP contribution in [0.25, 0.3) is 10.9 Å². The third-order valence-corrected chi connectivity index (χ3v) is 6.44. The van der Waals surface area contributed by atoms with Gasteiger partial charge in [0.05, 0.1) is 5.75 Å². The molecule has 0 fully saturated rings. The van der Waals surface area contributed by atoms with Crippen molar-refractivity contribution in [3.05, 3.63) is 63.8 Å². The zero-order valence-corrected chi connectivity index (χ0v) is 16.4. The van der Waals surface area contributed by atoms with Gasteiger partial charge in [0, 0.05) is 27.6 Å². The topological polar surface area (TPSA) is 32.9 Å². The smallest absolute Gasteiger partial charge is 0.175 e. The fraction of sp³-hybridized carbons (Fsp3) is 0.318. The van der Waals surface area contributed by atoms with E-state index in [9.17, 15) is 4.79 Å². The van der Waals surface area contributed by atoms with Crippen LogP contribution in [0.4, 0.5) is 0 Å². The second kappa shape index (κ2) is 7.09. The molecule has 3 heteroatoms. The van der Waals surface area contributed by atoms with Crippen LogP contribution in [-0.4, -0.2) is 16.5 Å². The minimum atomic E-state index is 0.183. The molecule has 1 N–H and O–H groups in total. The Morgan fingerprint density at radius 3 is 2.40 bits per heavy atom. The molecule has 0 saturated carbocycles. The Bertz CT molecular complexity index is 926. The van der Waals surface area contributed by atoms with E-state index in [1.165, 1.54) is 32.7 Å². The first-order valence-electron chi connectivity index (χ1n) is 8.76. The van der Waals surface area contributed by atoms with Gasteiger partial charge in [0.25, 0.3) is 0 Å². The number of rotatable bonds is 5. The van der Waals surface area contributed by atoms with Crippen molar-refractivity contribution in [2.75, 3.05) is 5.75 Å². The SMILES string of the molecule is CCc1cccc2c(C(=O)CSc3c(C)c(C)cc(C)c3C)c[nH]c12. The molecule has 25 heavy (non-hydrogen) atoms. The lowest BCUT2D eigenvalue weighted by Crippen LogP contribution is -2.03. The van der Waals surface area contributed by atoms with E-state index in [0.29, 0.717) is 5.75 Å². The Morgan fingerprint density at radius 2 is 1.76 bits per heavy atom. The lowest BCUT2D eigenvalue weighted by atomic mass is 10.0. The lowest BCUT2D eigenvalue weighted by molar-refractivity contribution is 0.102. The molecule has 2 nitrogen and oxygen atoms in total. The summed E-state index contributed by atoms with van der Waals surface area (Å²) in [5.41, 5.74) is 8.30. The molecule has 2 aromatic carbocycles. The number of fused-ring (bicyclic) bond motifs is 1. The minimum absolute atomic E-state index is 0.183. The summed E-state index contributed by atoms with van der Waals surface area (Å²) in [4.78, 5) is 17.4. The molecule has 130 valence electrons. The molecule has 0 amide bonds. The third-order valence-electron chi connectivity index (χ3n) is 5.13. The second-order valence-electron chi connectivity index (χ2n) is 6.70. The average molecular weight is 352 g/mol. The summed E-state index contributed by atoms with van der Waals surface area (Å²) in [5.74, 6) is 0.649. The van der Waals surface area contributed by atoms with Gasteiger partial charge in [-0.05, 0) is 61.9 Å². The summed E-state index contributed by atoms with van der Waals surface area (Å²) in [7, 11) is 0. The van der Waals surface area contributed by atoms with Gasteiger partial charge in [-0.25, -0.2) is 0 Å². The number of hydrogen-bond acceptors (Lipinski definition) is 2. The number of carbonyl (C=O) groups is 1. The van der Waals surface area contributed by atoms with Crippen molar-refractivity contribution < 1.29 is 4.79 Å². The Balaban J connectivity index is 1.88. The van der Waals surface area contributed by atoms with E-state index in [1.807, 2.05) is 18.3 Å². The molecule has 3 rings (SSSR count). The predicted molar refractivity (Wildman–Crippen MR) is 108 cm³/mol. The van der Waals surface area contributed by atoms with Crippen molar-refractivity contribution >= 4 is 28.4 Å². The molecule has 0 bridgehead atoms. The predicted octanol–water partition coefficient (Wildman–Crippen LogP) is 5.94. The molecular formula is C22H25NOS. The van der Waals surface area contributed by atoms with Crippen LogP contribution in [0.15, 0.2) is 35.4 Å². The zero-order valence-electron chi connectivity index (χ0n) is 15.6. The number of ketones is 1. The molecule has 0 unspecified atom stereocenters. The van der Waals surface area contributed by atoms with Crippen LogP contribution in [0.1, 0.15) is 45.1 Å². The Morgan fingerprint density at radius 1 is 1.08 bits per heavy atom. The summed E-state index contributed by atoms with van der Waals surface area (Å²) in [6.07, 6.45) is 2.83. The first-order chi connectivity index (χ1) is 11.9. The Kier molecular flexibility index (Phi) is 5.05. The van der Waals surface area contributed by atoms with Crippen LogP contribution in [0.5, 0.6) is 0 Å². The summed E-state index contributed by atoms with van der Waals surface area (Å²) >= 11 is 1.66. The number of para-hydroxylation sites is 1. The van der Waals surface area contributed by atoms with Gasteiger partial charge in [-0.1, -0.05) is 31.2 Å². The summed E-state index contributed by atoms with van der Waals surface area (Å²) in [6, 6.07) is 8.42. The highest BCUT2D eigenvalue weighted by atomic mass is 32.2. The van der Waals surface area contributed by atoms with Crippen molar-refractivity contribution in [3.8, 4) is 0 Å². The summed E-state index contributed by atoms with van der Waals surface area (Å²) < 4.78 is 0. The number of H-pyrrole nitrogens is 1. The van der Waals surface area contributed by atoms with E-state index in [0.717, 1.165) is 22.9 Å². The van der Waals surface area contributed by atoms with Crippen LogP contribution in [0.2, 0.25) is 0 Å². The molecule has 0 saturated heterocycles. The normalized spacial score (nSPS) is 11.2. The molecule has 0 aliphatic heterocycles. The monoisotopic (exact) mass is 351 g/mol. The van der Waals surface area contributed by atoms with Gasteiger partial charge in [-0.15, -0.1) is 11.8 Å². The summed E-state index contributed by atoms with van der Waals surface area (Å²) in [5, 5.41) is 1.04. The van der Waals surface area contributed by atoms with Crippen LogP contribution in [0.3, 0.4) is 0 Å². The van der Waals surface area contributed by atoms with Crippen LogP contribution >= 0.6 is 11.8 Å². The van der Waals surface area contributed by atoms with Gasteiger partial charge < -0.3 is 4.98 Å². The maximum absolute atomic E-state index is 12.8. The number of aromatic nitrogens is 1. The standard InChI is InChI=1S/C22H25NOS/c1-6-17-8-7-9-18-19(11-23-21(17)18)20(24)12-25-22-15(4)13(2)10-14(3)16(22)5/h7-11,23H,6,12H2,1-5H3. The Labute approximate surface area is 154 Å². The van der Waals surface area contributed by atoms with E-state index in [4.69, 9.17) is 0 Å². The van der Waals surface area contributed by atoms with Gasteiger partial charge in [0.2, 0.25) is 0 Å². The van der Waals surface area contributed by atoms with Gasteiger partial charge in [0.1, 0.15) is 0 Å². The second-order valence-corrected chi connectivity index (χ2v) is 7.68. The quantitative estimate of drug-likeness (QED) is 0.456. The number of aryl methyl sites for hydroxylation is 3. The molecule has 0 spiro atoms. The van der Waals surface area contributed by atoms with E-state index >= 15 is 0 Å². The van der Waals surface area contributed by atoms with Crippen molar-refractivity contribution in [2.45, 2.75) is 45.9 Å². The maximum Gasteiger partial charge on any atom is 0.175 e. The molecule has 0 aliphatic rings. The van der Waals surface area contributed by atoms with E-state index in [-0.39, 0.29) is 5.78 Å². The van der Waals surface area contributed by atoms with Crippen LogP contribution < -0.4 is 0 Å². The fourth-order valence-electron chi connectivity index (χ4n) is 3.36. The number of thioether (sulfide) groups is 1. The number of aromatic amines is 1. The molecular weight excluding hydrogens is 326 g/mol. The van der Waals surface area contributed by atoms with E-state index < -0.39 is 0 Å². The fourth-order valence-corrected chi connectivity index (χ4v) is 4.54. The number of Topliss-reactive ketones (excluding diaryl/α,β-unsaturated/α-hetero) is 1. The van der Waals surface area contributed by atoms with Crippen molar-refractivity contribution in [3.63, 3.8) is 0 Å². The van der Waals surface area contributed by atoms with Gasteiger partial charge in [-0.3, -0.25) is 4.79 Å². The molecule has 0 aliphatic carbocycles. The molecule has 3 aromatic rings. The maximum atomic E-state index is 12.8. The molecule has 0 atom stereocenters. The molecule has 1 heterocycles. The largest absolute Gasteiger partial charge is 0.360 e. The average Bonchev–Trinajstić information content (AvgIpc) is 3.04. The minimum Gasteiger partial charge on any atom is -0.360 e. The highest BCUT2D eigenvalue weighted by molar-refractivity contribution is 8.00. The highest BCUT2D eigenvalue weighted by Gasteiger charge is 2.16. The first-order valence-corrected chi connectivity index (χ1v) is 9.75. The molecule has 0 radical (unpaired) electrons. The highest BCUT2D eigenvalue weighted by Crippen LogP contribution is 2.32. The number of benzene rings is 2. The van der Waals surface area contributed by atoms with E-state index in [2.05, 4.69) is 51.7 Å². The number of hydrogen-bond donors (Lipinski definition) is 1. The first kappa shape index (κ1) is 17.8. The summed E-state index contributed by atoms with van der Waals surface area (Å²) in [6.45, 7) is 10.7. The third kappa shape index (κ3) is 3.25. The van der Waals surface area contributed by atoms with Gasteiger partial charge in [0.15, 0.2) is 5.78 Å². The van der Waals surface area contributed by atoms with Crippen molar-refractivity contribution in [1.29, 1.82) is 0 Å². The number of nitrogens with one attached hydrogen (secondary N) is 1. The van der Waals surface area contributed by atoms with E-state index in [1.54, 1.807) is 11.8 Å². The van der Waals surface area contributed by atoms with Gasteiger partial charge in [-0.2, -0.15) is 0 Å². The van der Waals surface area contributed by atoms with Crippen LogP contribution in [0, 0.1) is 27.7 Å². The van der Waals surface area contributed by atoms with Crippen LogP contribution in [-0.2, 0) is 6.42 Å². The Hall–Kier alpha value is -2.00. The zero-order chi connectivity index (χ0) is 18.1. The van der Waals surface area contributed by atoms with Crippen molar-refractivity contribution in [1.82, 2.24) is 4.98 Å². The van der Waals surface area contributed by atoms with Crippen molar-refractivity contribution in [2.24, 2.45) is 0 Å². The molecule has 1 aromatic heterocycles.